The van der Waals surface area contributed by atoms with Gasteiger partial charge in [-0.05, 0) is 43.9 Å². The van der Waals surface area contributed by atoms with E-state index in [9.17, 15) is 14.4 Å². The standard InChI is InChI=1S/C22H30ClN3O4/c23-17-6-4-7-18(12-17)30-16-22(13-19(24)27)9-5-11-26(15-22)21(29)14-25-10-3-1-2-8-20(25)28/h4,6-7,12H,1-3,5,8-11,13-16H2,(H2,24,27). The van der Waals surface area contributed by atoms with Crippen molar-refractivity contribution in [3.63, 3.8) is 0 Å². The van der Waals surface area contributed by atoms with Gasteiger partial charge in [0.1, 0.15) is 5.75 Å². The highest BCUT2D eigenvalue weighted by molar-refractivity contribution is 6.30. The summed E-state index contributed by atoms with van der Waals surface area (Å²) >= 11 is 6.03. The number of ether oxygens (including phenoxy) is 1. The number of primary amides is 1. The third-order valence-corrected chi connectivity index (χ3v) is 6.14. The quantitative estimate of drug-likeness (QED) is 0.712. The Morgan fingerprint density at radius 3 is 2.77 bits per heavy atom. The molecule has 0 spiro atoms. The van der Waals surface area contributed by atoms with Gasteiger partial charge in [-0.15, -0.1) is 0 Å². The van der Waals surface area contributed by atoms with Crippen LogP contribution >= 0.6 is 11.6 Å². The summed E-state index contributed by atoms with van der Waals surface area (Å²) in [5, 5.41) is 0.569. The van der Waals surface area contributed by atoms with Crippen molar-refractivity contribution in [2.75, 3.05) is 32.8 Å². The summed E-state index contributed by atoms with van der Waals surface area (Å²) in [7, 11) is 0. The van der Waals surface area contributed by atoms with E-state index in [0.717, 1.165) is 32.1 Å². The van der Waals surface area contributed by atoms with Crippen LogP contribution in [0.3, 0.4) is 0 Å². The molecule has 3 rings (SSSR count). The van der Waals surface area contributed by atoms with E-state index < -0.39 is 11.3 Å². The first kappa shape index (κ1) is 22.4. The van der Waals surface area contributed by atoms with Crippen LogP contribution in [0.4, 0.5) is 0 Å². The van der Waals surface area contributed by atoms with Crippen molar-refractivity contribution in [1.82, 2.24) is 9.80 Å². The van der Waals surface area contributed by atoms with Crippen molar-refractivity contribution < 1.29 is 19.1 Å². The largest absolute Gasteiger partial charge is 0.493 e. The molecule has 0 radical (unpaired) electrons. The Balaban J connectivity index is 1.67. The normalized spacial score (nSPS) is 22.5. The fraction of sp³-hybridized carbons (Fsp3) is 0.591. The zero-order valence-electron chi connectivity index (χ0n) is 17.3. The number of carbonyl (C=O) groups excluding carboxylic acids is 3. The van der Waals surface area contributed by atoms with Crippen LogP contribution in [0.25, 0.3) is 0 Å². The van der Waals surface area contributed by atoms with E-state index in [0.29, 0.717) is 36.8 Å². The number of likely N-dealkylation sites (tertiary alicyclic amines) is 2. The van der Waals surface area contributed by atoms with Gasteiger partial charge in [-0.1, -0.05) is 24.1 Å². The summed E-state index contributed by atoms with van der Waals surface area (Å²) in [6.07, 6.45) is 4.97. The van der Waals surface area contributed by atoms with E-state index in [-0.39, 0.29) is 31.4 Å². The maximum Gasteiger partial charge on any atom is 0.242 e. The average molecular weight is 436 g/mol. The smallest absolute Gasteiger partial charge is 0.242 e. The SMILES string of the molecule is NC(=O)CC1(COc2cccc(Cl)c2)CCCN(C(=O)CN2CCCCCC2=O)C1. The molecule has 0 aromatic heterocycles. The first-order valence-electron chi connectivity index (χ1n) is 10.6. The molecule has 8 heteroatoms. The van der Waals surface area contributed by atoms with E-state index in [1.165, 1.54) is 0 Å². The van der Waals surface area contributed by atoms with Crippen molar-refractivity contribution in [3.05, 3.63) is 29.3 Å². The second kappa shape index (κ2) is 10.2. The molecule has 2 aliphatic heterocycles. The highest BCUT2D eigenvalue weighted by Gasteiger charge is 2.40. The summed E-state index contributed by atoms with van der Waals surface area (Å²) in [6.45, 7) is 1.99. The number of rotatable bonds is 7. The summed E-state index contributed by atoms with van der Waals surface area (Å²) in [6, 6.07) is 7.09. The molecule has 2 heterocycles. The van der Waals surface area contributed by atoms with Gasteiger partial charge >= 0.3 is 0 Å². The average Bonchev–Trinajstić information content (AvgIpc) is 2.90. The lowest BCUT2D eigenvalue weighted by Crippen LogP contribution is -2.52. The molecule has 2 saturated heterocycles. The third kappa shape index (κ3) is 6.11. The molecule has 7 nitrogen and oxygen atoms in total. The molecule has 0 bridgehead atoms. The molecule has 2 fully saturated rings. The van der Waals surface area contributed by atoms with Crippen LogP contribution in [0.5, 0.6) is 5.75 Å². The highest BCUT2D eigenvalue weighted by Crippen LogP contribution is 2.35. The molecule has 1 atom stereocenters. The van der Waals surface area contributed by atoms with E-state index in [2.05, 4.69) is 0 Å². The number of hydrogen-bond acceptors (Lipinski definition) is 4. The topological polar surface area (TPSA) is 92.9 Å². The number of halogens is 1. The predicted octanol–water partition coefficient (Wildman–Crippen LogP) is 2.61. The number of hydrogen-bond donors (Lipinski definition) is 1. The van der Waals surface area contributed by atoms with E-state index in [1.807, 2.05) is 0 Å². The Labute approximate surface area is 182 Å². The predicted molar refractivity (Wildman–Crippen MR) is 114 cm³/mol. The zero-order chi connectivity index (χ0) is 21.6. The van der Waals surface area contributed by atoms with Gasteiger partial charge in [0, 0.05) is 42.9 Å². The number of nitrogens with zero attached hydrogens (tertiary/aromatic N) is 2. The molecule has 3 amide bonds. The van der Waals surface area contributed by atoms with Gasteiger partial charge in [-0.3, -0.25) is 14.4 Å². The molecule has 1 unspecified atom stereocenters. The number of amides is 3. The molecule has 2 aliphatic rings. The maximum atomic E-state index is 13.0. The number of nitrogens with two attached hydrogens (primary N) is 1. The van der Waals surface area contributed by atoms with Gasteiger partial charge in [0.25, 0.3) is 0 Å². The van der Waals surface area contributed by atoms with E-state index >= 15 is 0 Å². The van der Waals surface area contributed by atoms with Crippen LogP contribution in [-0.4, -0.2) is 60.3 Å². The van der Waals surface area contributed by atoms with E-state index in [1.54, 1.807) is 34.1 Å². The molecule has 0 saturated carbocycles. The van der Waals surface area contributed by atoms with Gasteiger partial charge in [-0.2, -0.15) is 0 Å². The molecule has 1 aromatic rings. The highest BCUT2D eigenvalue weighted by atomic mass is 35.5. The first-order valence-corrected chi connectivity index (χ1v) is 11.0. The Hall–Kier alpha value is -2.28. The van der Waals surface area contributed by atoms with Crippen LogP contribution in [0.2, 0.25) is 5.02 Å². The molecular weight excluding hydrogens is 406 g/mol. The summed E-state index contributed by atoms with van der Waals surface area (Å²) in [4.78, 5) is 40.5. The Bertz CT molecular complexity index is 787. The van der Waals surface area contributed by atoms with Crippen molar-refractivity contribution in [2.24, 2.45) is 11.1 Å². The van der Waals surface area contributed by atoms with Crippen LogP contribution in [0, 0.1) is 5.41 Å². The lowest BCUT2D eigenvalue weighted by atomic mass is 9.77. The minimum atomic E-state index is -0.551. The van der Waals surface area contributed by atoms with Gasteiger partial charge in [0.05, 0.1) is 13.2 Å². The fourth-order valence-electron chi connectivity index (χ4n) is 4.37. The monoisotopic (exact) mass is 435 g/mol. The third-order valence-electron chi connectivity index (χ3n) is 5.90. The Kier molecular flexibility index (Phi) is 7.58. The summed E-state index contributed by atoms with van der Waals surface area (Å²) in [5.41, 5.74) is 4.99. The minimum Gasteiger partial charge on any atom is -0.493 e. The lowest BCUT2D eigenvalue weighted by molar-refractivity contribution is -0.143. The van der Waals surface area contributed by atoms with Gasteiger partial charge in [0.15, 0.2) is 0 Å². The maximum absolute atomic E-state index is 13.0. The second-order valence-corrected chi connectivity index (χ2v) is 8.87. The number of piperidine rings is 1. The van der Waals surface area contributed by atoms with Crippen LogP contribution in [0.15, 0.2) is 24.3 Å². The van der Waals surface area contributed by atoms with Gasteiger partial charge < -0.3 is 20.3 Å². The van der Waals surface area contributed by atoms with Crippen LogP contribution < -0.4 is 10.5 Å². The molecule has 1 aromatic carbocycles. The fourth-order valence-corrected chi connectivity index (χ4v) is 4.55. The first-order chi connectivity index (χ1) is 14.4. The minimum absolute atomic E-state index is 0.0468. The van der Waals surface area contributed by atoms with Crippen molar-refractivity contribution in [1.29, 1.82) is 0 Å². The number of carbonyl (C=O) groups is 3. The van der Waals surface area contributed by atoms with E-state index in [4.69, 9.17) is 22.1 Å². The van der Waals surface area contributed by atoms with Crippen LogP contribution in [0.1, 0.15) is 44.9 Å². The molecule has 2 N–H and O–H groups in total. The van der Waals surface area contributed by atoms with Gasteiger partial charge in [0.2, 0.25) is 17.7 Å². The summed E-state index contributed by atoms with van der Waals surface area (Å²) < 4.78 is 5.95. The second-order valence-electron chi connectivity index (χ2n) is 8.43. The lowest BCUT2D eigenvalue weighted by Gasteiger charge is -2.42. The molecule has 0 aliphatic carbocycles. The molecular formula is C22H30ClN3O4. The van der Waals surface area contributed by atoms with Crippen molar-refractivity contribution in [2.45, 2.75) is 44.9 Å². The Morgan fingerprint density at radius 1 is 1.17 bits per heavy atom. The van der Waals surface area contributed by atoms with Gasteiger partial charge in [-0.25, -0.2) is 0 Å². The van der Waals surface area contributed by atoms with Crippen LogP contribution in [-0.2, 0) is 14.4 Å². The zero-order valence-corrected chi connectivity index (χ0v) is 18.0. The summed E-state index contributed by atoms with van der Waals surface area (Å²) in [5.74, 6) is 0.166. The van der Waals surface area contributed by atoms with Crippen molar-refractivity contribution in [3.8, 4) is 5.75 Å². The Morgan fingerprint density at radius 2 is 2.00 bits per heavy atom. The van der Waals surface area contributed by atoms with Crippen molar-refractivity contribution >= 4 is 29.3 Å². The molecule has 164 valence electrons. The number of benzene rings is 1. The molecule has 30 heavy (non-hydrogen) atoms.